The quantitative estimate of drug-likeness (QED) is 0.781. The first kappa shape index (κ1) is 13.8. The minimum atomic E-state index is -3.46. The van der Waals surface area contributed by atoms with Crippen molar-refractivity contribution in [2.45, 2.75) is 30.2 Å². The van der Waals surface area contributed by atoms with E-state index in [1.165, 1.54) is 23.0 Å². The van der Waals surface area contributed by atoms with Crippen LogP contribution < -0.4 is 0 Å². The topological polar surface area (TPSA) is 50.3 Å². The number of rotatable bonds is 5. The van der Waals surface area contributed by atoms with Gasteiger partial charge in [-0.25, -0.2) is 13.4 Å². The van der Waals surface area contributed by atoms with Gasteiger partial charge in [-0.05, 0) is 30.4 Å². The van der Waals surface area contributed by atoms with Crippen LogP contribution >= 0.6 is 11.6 Å². The number of hydrogen-bond acceptors (Lipinski definition) is 3. The monoisotopic (exact) mass is 288 g/mol. The predicted molar refractivity (Wildman–Crippen MR) is 71.0 cm³/mol. The first-order valence-corrected chi connectivity index (χ1v) is 7.98. The molecule has 100 valence electrons. The Balaban J connectivity index is 2.12. The van der Waals surface area contributed by atoms with Crippen molar-refractivity contribution in [1.29, 1.82) is 0 Å². The number of nitrogens with zero attached hydrogens (tertiary/aromatic N) is 2. The molecule has 0 unspecified atom stereocenters. The van der Waals surface area contributed by atoms with Gasteiger partial charge in [0.05, 0.1) is 0 Å². The van der Waals surface area contributed by atoms with Gasteiger partial charge in [0, 0.05) is 25.7 Å². The zero-order valence-corrected chi connectivity index (χ0v) is 11.9. The van der Waals surface area contributed by atoms with E-state index in [9.17, 15) is 8.42 Å². The molecule has 1 saturated carbocycles. The highest BCUT2D eigenvalue weighted by Crippen LogP contribution is 2.28. The Morgan fingerprint density at radius 1 is 1.44 bits per heavy atom. The normalized spacial score (nSPS) is 16.8. The maximum atomic E-state index is 12.2. The Bertz CT molecular complexity index is 497. The van der Waals surface area contributed by atoms with Gasteiger partial charge in [-0.3, -0.25) is 0 Å². The van der Waals surface area contributed by atoms with Gasteiger partial charge >= 0.3 is 0 Å². The lowest BCUT2D eigenvalue weighted by atomic mass is 9.86. The molecular formula is C12H17ClN2O2S. The van der Waals surface area contributed by atoms with Crippen LogP contribution in [0, 0.1) is 5.92 Å². The van der Waals surface area contributed by atoms with E-state index in [0.717, 1.165) is 18.4 Å². The molecule has 18 heavy (non-hydrogen) atoms. The SMILES string of the molecule is CN(CC1CCC1)S(=O)(=O)c1ccc(CCl)cn1. The minimum Gasteiger partial charge on any atom is -0.243 e. The van der Waals surface area contributed by atoms with E-state index in [4.69, 9.17) is 11.6 Å². The zero-order valence-electron chi connectivity index (χ0n) is 10.3. The summed E-state index contributed by atoms with van der Waals surface area (Å²) < 4.78 is 25.9. The van der Waals surface area contributed by atoms with Crippen LogP contribution in [-0.4, -0.2) is 31.3 Å². The zero-order chi connectivity index (χ0) is 13.2. The number of halogens is 1. The summed E-state index contributed by atoms with van der Waals surface area (Å²) in [5, 5.41) is 0.0955. The molecule has 1 aromatic heterocycles. The van der Waals surface area contributed by atoms with Crippen molar-refractivity contribution >= 4 is 21.6 Å². The molecule has 2 rings (SSSR count). The summed E-state index contributed by atoms with van der Waals surface area (Å²) in [5.74, 6) is 0.845. The molecule has 0 spiro atoms. The molecule has 1 heterocycles. The highest BCUT2D eigenvalue weighted by molar-refractivity contribution is 7.89. The maximum Gasteiger partial charge on any atom is 0.260 e. The summed E-state index contributed by atoms with van der Waals surface area (Å²) in [5.41, 5.74) is 0.817. The first-order chi connectivity index (χ1) is 8.54. The van der Waals surface area contributed by atoms with Crippen LogP contribution in [0.15, 0.2) is 23.4 Å². The van der Waals surface area contributed by atoms with Crippen LogP contribution in [0.3, 0.4) is 0 Å². The van der Waals surface area contributed by atoms with E-state index in [2.05, 4.69) is 4.98 Å². The van der Waals surface area contributed by atoms with Crippen molar-refractivity contribution in [2.24, 2.45) is 5.92 Å². The third-order valence-electron chi connectivity index (χ3n) is 3.37. The van der Waals surface area contributed by atoms with Gasteiger partial charge in [0.25, 0.3) is 10.0 Å². The van der Waals surface area contributed by atoms with Gasteiger partial charge in [-0.15, -0.1) is 11.6 Å². The standard InChI is InChI=1S/C12H17ClN2O2S/c1-15(9-10-3-2-4-10)18(16,17)12-6-5-11(7-13)8-14-12/h5-6,8,10H,2-4,7,9H2,1H3. The smallest absolute Gasteiger partial charge is 0.243 e. The van der Waals surface area contributed by atoms with E-state index >= 15 is 0 Å². The van der Waals surface area contributed by atoms with Crippen molar-refractivity contribution in [3.8, 4) is 0 Å². The molecule has 0 aliphatic heterocycles. The maximum absolute atomic E-state index is 12.2. The molecule has 1 aliphatic carbocycles. The summed E-state index contributed by atoms with van der Waals surface area (Å²) >= 11 is 5.65. The fourth-order valence-electron chi connectivity index (χ4n) is 1.94. The van der Waals surface area contributed by atoms with Gasteiger partial charge in [-0.1, -0.05) is 12.5 Å². The molecule has 0 radical (unpaired) electrons. The van der Waals surface area contributed by atoms with Crippen molar-refractivity contribution in [1.82, 2.24) is 9.29 Å². The van der Waals surface area contributed by atoms with Crippen LogP contribution in [0.25, 0.3) is 0 Å². The summed E-state index contributed by atoms with van der Waals surface area (Å²) in [6, 6.07) is 3.22. The first-order valence-electron chi connectivity index (χ1n) is 6.01. The van der Waals surface area contributed by atoms with E-state index in [1.807, 2.05) is 0 Å². The van der Waals surface area contributed by atoms with Gasteiger partial charge in [0.1, 0.15) is 0 Å². The third-order valence-corrected chi connectivity index (χ3v) is 5.41. The Kier molecular flexibility index (Phi) is 4.25. The third kappa shape index (κ3) is 2.84. The van der Waals surface area contributed by atoms with Crippen LogP contribution in [-0.2, 0) is 15.9 Å². The summed E-state index contributed by atoms with van der Waals surface area (Å²) in [6.07, 6.45) is 4.97. The number of sulfonamides is 1. The molecule has 0 amide bonds. The average Bonchev–Trinajstić information content (AvgIpc) is 2.33. The largest absolute Gasteiger partial charge is 0.260 e. The highest BCUT2D eigenvalue weighted by atomic mass is 35.5. The molecular weight excluding hydrogens is 272 g/mol. The fourth-order valence-corrected chi connectivity index (χ4v) is 3.25. The van der Waals surface area contributed by atoms with E-state index < -0.39 is 10.0 Å². The Labute approximate surface area is 113 Å². The van der Waals surface area contributed by atoms with Crippen LogP contribution in [0.1, 0.15) is 24.8 Å². The van der Waals surface area contributed by atoms with Gasteiger partial charge < -0.3 is 0 Å². The lowest BCUT2D eigenvalue weighted by Crippen LogP contribution is -2.34. The molecule has 1 aromatic rings. The highest BCUT2D eigenvalue weighted by Gasteiger charge is 2.27. The van der Waals surface area contributed by atoms with E-state index in [1.54, 1.807) is 13.1 Å². The molecule has 0 bridgehead atoms. The lowest BCUT2D eigenvalue weighted by molar-refractivity contribution is 0.262. The number of hydrogen-bond donors (Lipinski definition) is 0. The van der Waals surface area contributed by atoms with Crippen LogP contribution in [0.4, 0.5) is 0 Å². The number of pyridine rings is 1. The molecule has 1 fully saturated rings. The van der Waals surface area contributed by atoms with E-state index in [0.29, 0.717) is 18.3 Å². The van der Waals surface area contributed by atoms with E-state index in [-0.39, 0.29) is 5.03 Å². The Hall–Kier alpha value is -0.650. The van der Waals surface area contributed by atoms with Gasteiger partial charge in [-0.2, -0.15) is 4.31 Å². The molecule has 0 N–H and O–H groups in total. The van der Waals surface area contributed by atoms with Gasteiger partial charge in [0.15, 0.2) is 5.03 Å². The molecule has 0 saturated heterocycles. The molecule has 0 atom stereocenters. The second-order valence-corrected chi connectivity index (χ2v) is 6.98. The van der Waals surface area contributed by atoms with Gasteiger partial charge in [0.2, 0.25) is 0 Å². The second kappa shape index (κ2) is 5.55. The second-order valence-electron chi connectivity index (χ2n) is 4.72. The van der Waals surface area contributed by atoms with Crippen molar-refractivity contribution in [3.63, 3.8) is 0 Å². The fraction of sp³-hybridized carbons (Fsp3) is 0.583. The average molecular weight is 289 g/mol. The van der Waals surface area contributed by atoms with Crippen molar-refractivity contribution in [3.05, 3.63) is 23.9 Å². The Morgan fingerprint density at radius 3 is 2.61 bits per heavy atom. The number of aromatic nitrogens is 1. The predicted octanol–water partition coefficient (Wildman–Crippen LogP) is 2.24. The van der Waals surface area contributed by atoms with Crippen molar-refractivity contribution in [2.75, 3.05) is 13.6 Å². The summed E-state index contributed by atoms with van der Waals surface area (Å²) in [7, 11) is -1.84. The van der Waals surface area contributed by atoms with Crippen molar-refractivity contribution < 1.29 is 8.42 Å². The Morgan fingerprint density at radius 2 is 2.17 bits per heavy atom. The van der Waals surface area contributed by atoms with Crippen LogP contribution in [0.5, 0.6) is 0 Å². The minimum absolute atomic E-state index is 0.0955. The van der Waals surface area contributed by atoms with Crippen LogP contribution in [0.2, 0.25) is 0 Å². The summed E-state index contributed by atoms with van der Waals surface area (Å²) in [4.78, 5) is 3.98. The lowest BCUT2D eigenvalue weighted by Gasteiger charge is -2.29. The summed E-state index contributed by atoms with van der Waals surface area (Å²) in [6.45, 7) is 0.585. The number of alkyl halides is 1. The molecule has 1 aliphatic rings. The molecule has 4 nitrogen and oxygen atoms in total. The molecule has 6 heteroatoms. The molecule has 0 aromatic carbocycles.